The summed E-state index contributed by atoms with van der Waals surface area (Å²) >= 11 is 3.48. The molecule has 9 heteroatoms. The molecule has 1 N–H and O–H groups in total. The number of para-hydroxylation sites is 1. The van der Waals surface area contributed by atoms with Crippen molar-refractivity contribution in [3.63, 3.8) is 0 Å². The van der Waals surface area contributed by atoms with Gasteiger partial charge in [-0.25, -0.2) is 9.80 Å². The van der Waals surface area contributed by atoms with Gasteiger partial charge >= 0.3 is 5.97 Å². The summed E-state index contributed by atoms with van der Waals surface area (Å²) in [5.74, 6) is 0.429. The van der Waals surface area contributed by atoms with Crippen molar-refractivity contribution in [1.29, 1.82) is 0 Å². The number of benzene rings is 3. The number of carbonyl (C=O) groups is 1. The van der Waals surface area contributed by atoms with Gasteiger partial charge in [-0.3, -0.25) is 0 Å². The maximum atomic E-state index is 12.4. The maximum Gasteiger partial charge on any atom is 0.340 e. The molecule has 0 aromatic heterocycles. The predicted octanol–water partition coefficient (Wildman–Crippen LogP) is 5.42. The van der Waals surface area contributed by atoms with Crippen LogP contribution in [0.15, 0.2) is 64.2 Å². The molecule has 0 bridgehead atoms. The van der Waals surface area contributed by atoms with E-state index in [2.05, 4.69) is 15.9 Å². The van der Waals surface area contributed by atoms with Gasteiger partial charge in [0.25, 0.3) is 0 Å². The molecule has 0 amide bonds. The minimum atomic E-state index is -1.15. The van der Waals surface area contributed by atoms with Crippen LogP contribution in [0, 0.1) is 0 Å². The average Bonchev–Trinajstić information content (AvgIpc) is 3.33. The lowest BCUT2D eigenvalue weighted by molar-refractivity contribution is -0.0217. The number of fused-ring (bicyclic) bond motifs is 3. The molecule has 2 aliphatic rings. The summed E-state index contributed by atoms with van der Waals surface area (Å²) in [4.78, 5) is 12.4. The summed E-state index contributed by atoms with van der Waals surface area (Å²) in [5, 5.41) is 16.9. The Morgan fingerprint density at radius 1 is 1.00 bits per heavy atom. The summed E-state index contributed by atoms with van der Waals surface area (Å²) in [7, 11) is 4.46. The zero-order valence-electron chi connectivity index (χ0n) is 19.3. The van der Waals surface area contributed by atoms with Crippen LogP contribution in [-0.2, 0) is 0 Å². The maximum absolute atomic E-state index is 12.4. The van der Waals surface area contributed by atoms with Crippen molar-refractivity contribution in [2.24, 2.45) is 5.10 Å². The molecular formula is C26H23BrN2O6. The summed E-state index contributed by atoms with van der Waals surface area (Å²) in [6.45, 7) is 0. The molecule has 8 nitrogen and oxygen atoms in total. The highest BCUT2D eigenvalue weighted by Gasteiger charge is 2.44. The van der Waals surface area contributed by atoms with Crippen molar-refractivity contribution in [2.45, 2.75) is 18.7 Å². The summed E-state index contributed by atoms with van der Waals surface area (Å²) in [6.07, 6.45) is -0.209. The fourth-order valence-corrected chi connectivity index (χ4v) is 4.90. The summed E-state index contributed by atoms with van der Waals surface area (Å²) in [6, 6.07) is 16.8. The van der Waals surface area contributed by atoms with Gasteiger partial charge in [0, 0.05) is 22.0 Å². The Kier molecular flexibility index (Phi) is 6.02. The topological polar surface area (TPSA) is 89.8 Å². The molecule has 0 unspecified atom stereocenters. The molecule has 3 aromatic carbocycles. The third-order valence-electron chi connectivity index (χ3n) is 6.24. The zero-order valence-corrected chi connectivity index (χ0v) is 20.9. The Bertz CT molecular complexity index is 1320. The minimum Gasteiger partial charge on any atom is -0.493 e. The number of ether oxygens (including phenoxy) is 4. The molecule has 0 spiro atoms. The van der Waals surface area contributed by atoms with E-state index in [-0.39, 0.29) is 17.4 Å². The average molecular weight is 539 g/mol. The number of nitrogens with zero attached hydrogens (tertiary/aromatic N) is 2. The first-order valence-corrected chi connectivity index (χ1v) is 11.7. The zero-order chi connectivity index (χ0) is 24.7. The van der Waals surface area contributed by atoms with Gasteiger partial charge in [-0.05, 0) is 35.9 Å². The van der Waals surface area contributed by atoms with Crippen LogP contribution in [0.25, 0.3) is 0 Å². The highest BCUT2D eigenvalue weighted by molar-refractivity contribution is 9.10. The first-order valence-electron chi connectivity index (χ1n) is 10.9. The van der Waals surface area contributed by atoms with Crippen molar-refractivity contribution in [1.82, 2.24) is 5.01 Å². The second-order valence-electron chi connectivity index (χ2n) is 8.07. The van der Waals surface area contributed by atoms with Gasteiger partial charge in [-0.15, -0.1) is 0 Å². The minimum absolute atomic E-state index is 0.0405. The Labute approximate surface area is 210 Å². The van der Waals surface area contributed by atoms with E-state index in [0.29, 0.717) is 29.2 Å². The first-order chi connectivity index (χ1) is 17.0. The highest BCUT2D eigenvalue weighted by atomic mass is 79.9. The van der Waals surface area contributed by atoms with Crippen molar-refractivity contribution in [3.8, 4) is 23.0 Å². The van der Waals surface area contributed by atoms with E-state index in [0.717, 1.165) is 21.3 Å². The van der Waals surface area contributed by atoms with E-state index >= 15 is 0 Å². The van der Waals surface area contributed by atoms with Crippen LogP contribution in [0.2, 0.25) is 0 Å². The van der Waals surface area contributed by atoms with Gasteiger partial charge in [0.15, 0.2) is 23.0 Å². The molecular weight excluding hydrogens is 516 g/mol. The van der Waals surface area contributed by atoms with Crippen LogP contribution in [0.3, 0.4) is 0 Å². The van der Waals surface area contributed by atoms with Crippen LogP contribution in [-0.4, -0.2) is 43.1 Å². The molecule has 0 saturated carbocycles. The summed E-state index contributed by atoms with van der Waals surface area (Å²) in [5.41, 5.74) is 3.15. The van der Waals surface area contributed by atoms with Crippen molar-refractivity contribution >= 4 is 27.6 Å². The SMILES string of the molecule is COc1cccc2c1O[C@@H](c1ccc(OC)c(OC)c1C(=O)O)N1N=C(c3ccc(Br)cc3)C[C@H]21. The molecule has 0 aliphatic carbocycles. The Morgan fingerprint density at radius 2 is 1.74 bits per heavy atom. The lowest BCUT2D eigenvalue weighted by Gasteiger charge is -2.39. The first kappa shape index (κ1) is 23.0. The number of carboxylic acid groups (broad SMARTS) is 1. The van der Waals surface area contributed by atoms with Crippen molar-refractivity contribution in [3.05, 3.63) is 81.3 Å². The lowest BCUT2D eigenvalue weighted by Crippen LogP contribution is -2.35. The highest BCUT2D eigenvalue weighted by Crippen LogP contribution is 2.52. The quantitative estimate of drug-likeness (QED) is 0.448. The number of carboxylic acids is 1. The van der Waals surface area contributed by atoms with Crippen LogP contribution in [0.4, 0.5) is 0 Å². The smallest absolute Gasteiger partial charge is 0.340 e. The fraction of sp³-hybridized carbons (Fsp3) is 0.231. The normalized spacial score (nSPS) is 18.2. The largest absolute Gasteiger partial charge is 0.493 e. The van der Waals surface area contributed by atoms with Gasteiger partial charge in [-0.2, -0.15) is 5.10 Å². The van der Waals surface area contributed by atoms with E-state index in [9.17, 15) is 9.90 Å². The number of aromatic carboxylic acids is 1. The van der Waals surface area contributed by atoms with E-state index in [1.165, 1.54) is 14.2 Å². The molecule has 0 radical (unpaired) electrons. The molecule has 5 rings (SSSR count). The lowest BCUT2D eigenvalue weighted by atomic mass is 9.94. The van der Waals surface area contributed by atoms with E-state index in [4.69, 9.17) is 24.0 Å². The number of rotatable bonds is 6. The number of hydrogen-bond acceptors (Lipinski definition) is 7. The molecule has 180 valence electrons. The van der Waals surface area contributed by atoms with Gasteiger partial charge in [-0.1, -0.05) is 40.2 Å². The van der Waals surface area contributed by atoms with Gasteiger partial charge < -0.3 is 24.1 Å². The molecule has 2 heterocycles. The van der Waals surface area contributed by atoms with Gasteiger partial charge in [0.05, 0.1) is 33.1 Å². The van der Waals surface area contributed by atoms with Crippen LogP contribution < -0.4 is 18.9 Å². The standard InChI is InChI=1S/C26H23BrN2O6/c1-32-20-6-4-5-16-19-13-18(14-7-9-15(27)10-8-14)28-29(19)25(35-23(16)20)17-11-12-21(33-2)24(34-3)22(17)26(30)31/h4-12,19,25H,13H2,1-3H3,(H,30,31)/t19-,25+/m1/s1. The van der Waals surface area contributed by atoms with E-state index < -0.39 is 12.2 Å². The van der Waals surface area contributed by atoms with Crippen molar-refractivity contribution in [2.75, 3.05) is 21.3 Å². The second kappa shape index (κ2) is 9.14. The van der Waals surface area contributed by atoms with Gasteiger partial charge in [0.1, 0.15) is 5.56 Å². The molecule has 35 heavy (non-hydrogen) atoms. The molecule has 3 aromatic rings. The molecule has 2 aliphatic heterocycles. The number of hydrogen-bond donors (Lipinski definition) is 1. The number of halogens is 1. The van der Waals surface area contributed by atoms with E-state index in [1.807, 2.05) is 47.5 Å². The van der Waals surface area contributed by atoms with E-state index in [1.54, 1.807) is 19.2 Å². The number of methoxy groups -OCH3 is 3. The van der Waals surface area contributed by atoms with Crippen LogP contribution in [0.1, 0.15) is 45.7 Å². The molecule has 0 fully saturated rings. The van der Waals surface area contributed by atoms with Crippen LogP contribution in [0.5, 0.6) is 23.0 Å². The van der Waals surface area contributed by atoms with Crippen LogP contribution >= 0.6 is 15.9 Å². The fourth-order valence-electron chi connectivity index (χ4n) is 4.64. The Hall–Kier alpha value is -3.72. The third-order valence-corrected chi connectivity index (χ3v) is 6.76. The third kappa shape index (κ3) is 3.85. The molecule has 0 saturated heterocycles. The predicted molar refractivity (Wildman–Crippen MR) is 133 cm³/mol. The monoisotopic (exact) mass is 538 g/mol. The van der Waals surface area contributed by atoms with Crippen molar-refractivity contribution < 1.29 is 28.8 Å². The number of hydrazone groups is 1. The Morgan fingerprint density at radius 3 is 2.40 bits per heavy atom. The summed E-state index contributed by atoms with van der Waals surface area (Å²) < 4.78 is 23.8. The van der Waals surface area contributed by atoms with Gasteiger partial charge in [0.2, 0.25) is 6.23 Å². The molecule has 2 atom stereocenters. The Balaban J connectivity index is 1.70. The second-order valence-corrected chi connectivity index (χ2v) is 8.99.